The quantitative estimate of drug-likeness (QED) is 0.652. The van der Waals surface area contributed by atoms with E-state index >= 15 is 0 Å². The van der Waals surface area contributed by atoms with Gasteiger partial charge < -0.3 is 4.98 Å². The molecule has 2 aromatic rings. The first-order valence-electron chi connectivity index (χ1n) is 6.00. The van der Waals surface area contributed by atoms with Gasteiger partial charge in [-0.05, 0) is 53.1 Å². The molecule has 3 heteroatoms. The van der Waals surface area contributed by atoms with Crippen molar-refractivity contribution in [3.63, 3.8) is 0 Å². The van der Waals surface area contributed by atoms with Crippen LogP contribution in [0.15, 0.2) is 18.2 Å². The van der Waals surface area contributed by atoms with Crippen LogP contribution >= 0.6 is 22.6 Å². The van der Waals surface area contributed by atoms with Gasteiger partial charge in [0.05, 0.1) is 5.69 Å². The first-order valence-corrected chi connectivity index (χ1v) is 7.08. The number of rotatable bonds is 4. The predicted octanol–water partition coefficient (Wildman–Crippen LogP) is 4.32. The summed E-state index contributed by atoms with van der Waals surface area (Å²) in [6.07, 6.45) is 2.53. The van der Waals surface area contributed by atoms with E-state index in [9.17, 15) is 4.79 Å². The molecule has 90 valence electrons. The van der Waals surface area contributed by atoms with Gasteiger partial charge in [0.15, 0.2) is 5.78 Å². The summed E-state index contributed by atoms with van der Waals surface area (Å²) in [5, 5.41) is 1.17. The molecular formula is C14H16INO. The second-order valence-electron chi connectivity index (χ2n) is 4.22. The molecule has 0 aliphatic carbocycles. The molecule has 0 saturated carbocycles. The second-order valence-corrected chi connectivity index (χ2v) is 5.30. The summed E-state index contributed by atoms with van der Waals surface area (Å²) < 4.78 is 1.06. The van der Waals surface area contributed by atoms with E-state index in [-0.39, 0.29) is 5.78 Å². The van der Waals surface area contributed by atoms with Crippen LogP contribution in [0.4, 0.5) is 0 Å². The fraction of sp³-hybridized carbons (Fsp3) is 0.357. The number of aromatic nitrogens is 1. The molecule has 0 aliphatic heterocycles. The van der Waals surface area contributed by atoms with Crippen LogP contribution in [0.3, 0.4) is 0 Å². The fourth-order valence-electron chi connectivity index (χ4n) is 1.97. The monoisotopic (exact) mass is 341 g/mol. The van der Waals surface area contributed by atoms with Crippen LogP contribution in [0.25, 0.3) is 10.9 Å². The average Bonchev–Trinajstić information content (AvgIpc) is 2.67. The van der Waals surface area contributed by atoms with Crippen LogP contribution < -0.4 is 0 Å². The molecule has 1 aromatic heterocycles. The third kappa shape index (κ3) is 2.39. The number of H-pyrrole nitrogens is 1. The van der Waals surface area contributed by atoms with Gasteiger partial charge in [-0.1, -0.05) is 19.9 Å². The zero-order valence-electron chi connectivity index (χ0n) is 10.1. The Morgan fingerprint density at radius 2 is 2.12 bits per heavy atom. The van der Waals surface area contributed by atoms with E-state index in [1.807, 2.05) is 6.92 Å². The molecule has 0 saturated heterocycles. The summed E-state index contributed by atoms with van der Waals surface area (Å²) in [4.78, 5) is 15.2. The van der Waals surface area contributed by atoms with E-state index in [1.54, 1.807) is 0 Å². The van der Waals surface area contributed by atoms with E-state index in [2.05, 4.69) is 52.7 Å². The lowest BCUT2D eigenvalue weighted by Gasteiger charge is -1.97. The lowest BCUT2D eigenvalue weighted by molar-refractivity contribution is 0.0977. The molecule has 0 spiro atoms. The van der Waals surface area contributed by atoms with E-state index in [1.165, 1.54) is 10.9 Å². The highest BCUT2D eigenvalue weighted by Gasteiger charge is 2.15. The maximum Gasteiger partial charge on any atom is 0.180 e. The number of Topliss-reactive ketones (excluding diaryl/α,β-unsaturated/α-hetero) is 1. The van der Waals surface area contributed by atoms with Crippen molar-refractivity contribution >= 4 is 39.3 Å². The Hall–Kier alpha value is -0.840. The number of halogens is 1. The minimum atomic E-state index is 0.214. The Morgan fingerprint density at radius 3 is 2.76 bits per heavy atom. The maximum absolute atomic E-state index is 12.0. The molecule has 0 amide bonds. The number of carbonyl (C=O) groups is 1. The number of benzene rings is 1. The van der Waals surface area contributed by atoms with Crippen molar-refractivity contribution in [1.29, 1.82) is 0 Å². The van der Waals surface area contributed by atoms with Gasteiger partial charge in [-0.2, -0.15) is 0 Å². The van der Waals surface area contributed by atoms with E-state index < -0.39 is 0 Å². The normalized spacial score (nSPS) is 11.0. The topological polar surface area (TPSA) is 32.9 Å². The molecule has 2 rings (SSSR count). The number of hydrogen-bond acceptors (Lipinski definition) is 1. The predicted molar refractivity (Wildman–Crippen MR) is 79.6 cm³/mol. The van der Waals surface area contributed by atoms with Gasteiger partial charge in [-0.15, -0.1) is 0 Å². The fourth-order valence-corrected chi connectivity index (χ4v) is 2.85. The Kier molecular flexibility index (Phi) is 3.86. The molecule has 1 N–H and O–H groups in total. The number of fused-ring (bicyclic) bond motifs is 1. The zero-order chi connectivity index (χ0) is 12.4. The number of aryl methyl sites for hydroxylation is 1. The van der Waals surface area contributed by atoms with Crippen molar-refractivity contribution in [2.75, 3.05) is 0 Å². The smallest absolute Gasteiger partial charge is 0.180 e. The van der Waals surface area contributed by atoms with Crippen LogP contribution in [0, 0.1) is 3.57 Å². The third-order valence-electron chi connectivity index (χ3n) is 2.96. The number of carbonyl (C=O) groups excluding carboxylic acids is 1. The molecule has 2 nitrogen and oxygen atoms in total. The highest BCUT2D eigenvalue weighted by molar-refractivity contribution is 14.1. The average molecular weight is 341 g/mol. The molecule has 0 radical (unpaired) electrons. The van der Waals surface area contributed by atoms with Gasteiger partial charge in [-0.3, -0.25) is 4.79 Å². The minimum Gasteiger partial charge on any atom is -0.351 e. The molecule has 17 heavy (non-hydrogen) atoms. The molecule has 1 heterocycles. The second kappa shape index (κ2) is 5.21. The SMILES string of the molecule is CCCC(=O)c1[nH]c2ccc(CC)cc2c1I. The first kappa shape index (κ1) is 12.6. The first-order chi connectivity index (χ1) is 8.17. The summed E-state index contributed by atoms with van der Waals surface area (Å²) in [5.74, 6) is 0.214. The number of hydrogen-bond donors (Lipinski definition) is 1. The molecule has 0 unspecified atom stereocenters. The van der Waals surface area contributed by atoms with Crippen molar-refractivity contribution in [2.24, 2.45) is 0 Å². The van der Waals surface area contributed by atoms with Gasteiger partial charge in [0, 0.05) is 20.9 Å². The highest BCUT2D eigenvalue weighted by Crippen LogP contribution is 2.26. The lowest BCUT2D eigenvalue weighted by atomic mass is 10.1. The molecular weight excluding hydrogens is 325 g/mol. The molecule has 0 atom stereocenters. The standard InChI is InChI=1S/C14H16INO/c1-3-5-12(17)14-13(15)10-8-9(4-2)6-7-11(10)16-14/h6-8,16H,3-5H2,1-2H3. The number of nitrogens with one attached hydrogen (secondary N) is 1. The van der Waals surface area contributed by atoms with Crippen LogP contribution in [0.1, 0.15) is 42.7 Å². The van der Waals surface area contributed by atoms with Crippen LogP contribution in [0.5, 0.6) is 0 Å². The van der Waals surface area contributed by atoms with E-state index in [0.29, 0.717) is 6.42 Å². The van der Waals surface area contributed by atoms with Crippen molar-refractivity contribution in [2.45, 2.75) is 33.1 Å². The highest BCUT2D eigenvalue weighted by atomic mass is 127. The largest absolute Gasteiger partial charge is 0.351 e. The Labute approximate surface area is 115 Å². The van der Waals surface area contributed by atoms with Crippen molar-refractivity contribution in [3.05, 3.63) is 33.0 Å². The number of ketones is 1. The van der Waals surface area contributed by atoms with Crippen molar-refractivity contribution in [3.8, 4) is 0 Å². The maximum atomic E-state index is 12.0. The number of aromatic amines is 1. The molecule has 0 bridgehead atoms. The lowest BCUT2D eigenvalue weighted by Crippen LogP contribution is -2.00. The molecule has 1 aromatic carbocycles. The Morgan fingerprint density at radius 1 is 1.35 bits per heavy atom. The van der Waals surface area contributed by atoms with Crippen LogP contribution in [-0.2, 0) is 6.42 Å². The van der Waals surface area contributed by atoms with Crippen LogP contribution in [0.2, 0.25) is 0 Å². The zero-order valence-corrected chi connectivity index (χ0v) is 12.3. The van der Waals surface area contributed by atoms with Gasteiger partial charge in [0.25, 0.3) is 0 Å². The van der Waals surface area contributed by atoms with Crippen LogP contribution in [-0.4, -0.2) is 10.8 Å². The van der Waals surface area contributed by atoms with Gasteiger partial charge >= 0.3 is 0 Å². The summed E-state index contributed by atoms with van der Waals surface area (Å²) in [6, 6.07) is 6.36. The van der Waals surface area contributed by atoms with Crippen molar-refractivity contribution < 1.29 is 4.79 Å². The third-order valence-corrected chi connectivity index (χ3v) is 4.08. The summed E-state index contributed by atoms with van der Waals surface area (Å²) in [5.41, 5.74) is 3.14. The van der Waals surface area contributed by atoms with E-state index in [4.69, 9.17) is 0 Å². The summed E-state index contributed by atoms with van der Waals surface area (Å²) in [7, 11) is 0. The van der Waals surface area contributed by atoms with Gasteiger partial charge in [0.2, 0.25) is 0 Å². The van der Waals surface area contributed by atoms with E-state index in [0.717, 1.165) is 27.6 Å². The van der Waals surface area contributed by atoms with Gasteiger partial charge in [0.1, 0.15) is 0 Å². The van der Waals surface area contributed by atoms with Crippen molar-refractivity contribution in [1.82, 2.24) is 4.98 Å². The summed E-state index contributed by atoms with van der Waals surface area (Å²) >= 11 is 2.27. The minimum absolute atomic E-state index is 0.214. The molecule has 0 fully saturated rings. The Bertz CT molecular complexity index is 557. The molecule has 0 aliphatic rings. The van der Waals surface area contributed by atoms with Gasteiger partial charge in [-0.25, -0.2) is 0 Å². The Balaban J connectivity index is 2.53. The summed E-state index contributed by atoms with van der Waals surface area (Å²) in [6.45, 7) is 4.17.